The summed E-state index contributed by atoms with van der Waals surface area (Å²) in [6.45, 7) is 9.50. The number of hydrogen-bond donors (Lipinski definition) is 1. The zero-order valence-corrected chi connectivity index (χ0v) is 9.80. The van der Waals surface area contributed by atoms with Crippen molar-refractivity contribution in [3.8, 4) is 0 Å². The normalized spacial score (nSPS) is 15.4. The first-order chi connectivity index (χ1) is 5.49. The van der Waals surface area contributed by atoms with E-state index in [1.54, 1.807) is 0 Å². The van der Waals surface area contributed by atoms with Crippen molar-refractivity contribution in [2.45, 2.75) is 39.0 Å². The molecule has 0 amide bonds. The van der Waals surface area contributed by atoms with Gasteiger partial charge >= 0.3 is 0 Å². The molecule has 0 aliphatic rings. The minimum atomic E-state index is -0.957. The average molecular weight is 186 g/mol. The number of hydrogen-bond acceptors (Lipinski definition) is 1. The van der Waals surface area contributed by atoms with E-state index in [2.05, 4.69) is 38.7 Å². The Morgan fingerprint density at radius 3 is 2.25 bits per heavy atom. The minimum Gasteiger partial charge on any atom is -0.396 e. The molecular weight excluding hydrogens is 164 g/mol. The largest absolute Gasteiger partial charge is 0.396 e. The van der Waals surface area contributed by atoms with E-state index in [1.807, 2.05) is 0 Å². The van der Waals surface area contributed by atoms with Gasteiger partial charge in [0.15, 0.2) is 0 Å². The molecule has 0 unspecified atom stereocenters. The zero-order chi connectivity index (χ0) is 9.61. The summed E-state index contributed by atoms with van der Waals surface area (Å²) in [7, 11) is -0.957. The van der Waals surface area contributed by atoms with Gasteiger partial charge in [0.05, 0.1) is 0 Å². The van der Waals surface area contributed by atoms with Crippen molar-refractivity contribution in [1.29, 1.82) is 0 Å². The van der Waals surface area contributed by atoms with Crippen LogP contribution in [0.2, 0.25) is 25.7 Å². The highest BCUT2D eigenvalue weighted by molar-refractivity contribution is 6.76. The van der Waals surface area contributed by atoms with E-state index in [0.717, 1.165) is 6.42 Å². The monoisotopic (exact) mass is 186 g/mol. The molecule has 0 aliphatic heterocycles. The summed E-state index contributed by atoms with van der Waals surface area (Å²) in [5, 5.41) is 8.84. The molecule has 0 aliphatic carbocycles. The molecule has 0 rings (SSSR count). The van der Waals surface area contributed by atoms with E-state index >= 15 is 0 Å². The maximum atomic E-state index is 8.84. The number of rotatable bonds is 5. The predicted molar refractivity (Wildman–Crippen MR) is 58.2 cm³/mol. The van der Waals surface area contributed by atoms with Crippen LogP contribution in [0, 0.1) is 5.92 Å². The number of allylic oxidation sites excluding steroid dienone is 2. The van der Waals surface area contributed by atoms with Crippen LogP contribution in [0.4, 0.5) is 0 Å². The molecule has 0 spiro atoms. The summed E-state index contributed by atoms with van der Waals surface area (Å²) in [6, 6.07) is 1.29. The van der Waals surface area contributed by atoms with Crippen LogP contribution in [0.25, 0.3) is 0 Å². The van der Waals surface area contributed by atoms with Gasteiger partial charge in [0.25, 0.3) is 0 Å². The Kier molecular flexibility index (Phi) is 5.50. The maximum Gasteiger partial charge on any atom is 0.0448 e. The summed E-state index contributed by atoms with van der Waals surface area (Å²) in [5.41, 5.74) is 0. The Morgan fingerprint density at radius 2 is 1.92 bits per heavy atom. The lowest BCUT2D eigenvalue weighted by Crippen LogP contribution is -2.23. The molecule has 0 aromatic heterocycles. The van der Waals surface area contributed by atoms with Gasteiger partial charge in [-0.05, 0) is 19.3 Å². The molecule has 12 heavy (non-hydrogen) atoms. The minimum absolute atomic E-state index is 0.319. The van der Waals surface area contributed by atoms with Gasteiger partial charge in [-0.2, -0.15) is 0 Å². The predicted octanol–water partition coefficient (Wildman–Crippen LogP) is 2.90. The van der Waals surface area contributed by atoms with Gasteiger partial charge < -0.3 is 5.11 Å². The molecule has 0 aromatic rings. The molecule has 0 saturated heterocycles. The zero-order valence-electron chi connectivity index (χ0n) is 8.80. The Labute approximate surface area is 77.5 Å². The van der Waals surface area contributed by atoms with Gasteiger partial charge in [-0.25, -0.2) is 0 Å². The highest BCUT2D eigenvalue weighted by atomic mass is 28.3. The lowest BCUT2D eigenvalue weighted by molar-refractivity contribution is 0.273. The fraction of sp³-hybridized carbons (Fsp3) is 0.800. The van der Waals surface area contributed by atoms with E-state index in [1.165, 1.54) is 6.04 Å². The Bertz CT molecular complexity index is 135. The van der Waals surface area contributed by atoms with Gasteiger partial charge in [-0.1, -0.05) is 37.8 Å². The first-order valence-corrected chi connectivity index (χ1v) is 8.44. The van der Waals surface area contributed by atoms with E-state index in [9.17, 15) is 0 Å². The van der Waals surface area contributed by atoms with Gasteiger partial charge in [0, 0.05) is 14.7 Å². The lowest BCUT2D eigenvalue weighted by Gasteiger charge is -2.21. The summed E-state index contributed by atoms with van der Waals surface area (Å²) < 4.78 is 0. The van der Waals surface area contributed by atoms with Crippen LogP contribution in [0.1, 0.15) is 13.3 Å². The van der Waals surface area contributed by atoms with E-state index in [4.69, 9.17) is 5.11 Å². The molecule has 0 aromatic carbocycles. The quantitative estimate of drug-likeness (QED) is 0.517. The highest BCUT2D eigenvalue weighted by Gasteiger charge is 2.17. The molecule has 0 fully saturated rings. The molecule has 0 bridgehead atoms. The molecule has 72 valence electrons. The third kappa shape index (κ3) is 6.62. The molecule has 1 N–H and O–H groups in total. The molecule has 1 atom stereocenters. The summed E-state index contributed by atoms with van der Waals surface area (Å²) in [5.74, 6) is 0.603. The van der Waals surface area contributed by atoms with Gasteiger partial charge in [0.1, 0.15) is 0 Å². The van der Waals surface area contributed by atoms with Crippen LogP contribution in [-0.2, 0) is 0 Å². The first kappa shape index (κ1) is 11.9. The highest BCUT2D eigenvalue weighted by Crippen LogP contribution is 2.20. The SMILES string of the molecule is C/C=C/[C@H](CCO)C[Si](C)(C)C. The fourth-order valence-corrected chi connectivity index (χ4v) is 3.40. The van der Waals surface area contributed by atoms with Crippen molar-refractivity contribution in [2.24, 2.45) is 5.92 Å². The summed E-state index contributed by atoms with van der Waals surface area (Å²) in [4.78, 5) is 0. The van der Waals surface area contributed by atoms with Crippen molar-refractivity contribution in [2.75, 3.05) is 6.61 Å². The smallest absolute Gasteiger partial charge is 0.0448 e. The van der Waals surface area contributed by atoms with Crippen LogP contribution in [-0.4, -0.2) is 19.8 Å². The fourth-order valence-electron chi connectivity index (χ4n) is 1.49. The maximum absolute atomic E-state index is 8.84. The molecule has 2 heteroatoms. The van der Waals surface area contributed by atoms with E-state index in [-0.39, 0.29) is 0 Å². The summed E-state index contributed by atoms with van der Waals surface area (Å²) in [6.07, 6.45) is 5.25. The molecule has 0 radical (unpaired) electrons. The van der Waals surface area contributed by atoms with Gasteiger partial charge in [-0.15, -0.1) is 0 Å². The molecule has 1 nitrogen and oxygen atoms in total. The van der Waals surface area contributed by atoms with Crippen molar-refractivity contribution in [3.05, 3.63) is 12.2 Å². The summed E-state index contributed by atoms with van der Waals surface area (Å²) >= 11 is 0. The van der Waals surface area contributed by atoms with Crippen LogP contribution >= 0.6 is 0 Å². The number of aliphatic hydroxyl groups is 1. The second kappa shape index (κ2) is 5.54. The molecule has 0 heterocycles. The van der Waals surface area contributed by atoms with Crippen molar-refractivity contribution >= 4 is 8.07 Å². The van der Waals surface area contributed by atoms with E-state index < -0.39 is 8.07 Å². The van der Waals surface area contributed by atoms with Crippen LogP contribution < -0.4 is 0 Å². The Hall–Kier alpha value is -0.0831. The van der Waals surface area contributed by atoms with Crippen molar-refractivity contribution in [3.63, 3.8) is 0 Å². The third-order valence-corrected chi connectivity index (χ3v) is 3.59. The van der Waals surface area contributed by atoms with Crippen molar-refractivity contribution < 1.29 is 5.11 Å². The number of aliphatic hydroxyl groups excluding tert-OH is 1. The topological polar surface area (TPSA) is 20.2 Å². The molecular formula is C10H22OSi. The standard InChI is InChI=1S/C10H22OSi/c1-5-6-10(7-8-11)9-12(2,3)4/h5-6,10-11H,7-9H2,1-4H3/b6-5+/t10-/m1/s1. The Balaban J connectivity index is 3.95. The second-order valence-electron chi connectivity index (χ2n) is 4.56. The Morgan fingerprint density at radius 1 is 1.33 bits per heavy atom. The van der Waals surface area contributed by atoms with Crippen molar-refractivity contribution in [1.82, 2.24) is 0 Å². The van der Waals surface area contributed by atoms with Crippen LogP contribution in [0.15, 0.2) is 12.2 Å². The van der Waals surface area contributed by atoms with Gasteiger partial charge in [0.2, 0.25) is 0 Å². The van der Waals surface area contributed by atoms with Crippen LogP contribution in [0.5, 0.6) is 0 Å². The lowest BCUT2D eigenvalue weighted by atomic mass is 10.1. The van der Waals surface area contributed by atoms with Crippen LogP contribution in [0.3, 0.4) is 0 Å². The molecule has 0 saturated carbocycles. The van der Waals surface area contributed by atoms with E-state index in [0.29, 0.717) is 12.5 Å². The average Bonchev–Trinajstić information content (AvgIpc) is 1.84. The van der Waals surface area contributed by atoms with Gasteiger partial charge in [-0.3, -0.25) is 0 Å². The first-order valence-electron chi connectivity index (χ1n) is 4.73. The third-order valence-electron chi connectivity index (χ3n) is 1.84. The second-order valence-corrected chi connectivity index (χ2v) is 10.1.